The number of hydrogen-bond donors (Lipinski definition) is 4. The van der Waals surface area contributed by atoms with Crippen LogP contribution in [0.15, 0.2) is 0 Å². The molecule has 3 atom stereocenters. The van der Waals surface area contributed by atoms with Gasteiger partial charge in [0.2, 0.25) is 5.91 Å². The number of carboxylic acids is 1. The molecule has 0 heterocycles. The Morgan fingerprint density at radius 2 is 1.00 bits per heavy atom. The first-order valence-corrected chi connectivity index (χ1v) is 20.1. The minimum absolute atomic E-state index is 0.123. The van der Waals surface area contributed by atoms with Gasteiger partial charge in [0, 0.05) is 12.8 Å². The van der Waals surface area contributed by atoms with Crippen LogP contribution in [-0.2, 0) is 32.7 Å². The molecule has 0 radical (unpaired) electrons. The van der Waals surface area contributed by atoms with Crippen LogP contribution in [0.25, 0.3) is 0 Å². The zero-order valence-corrected chi connectivity index (χ0v) is 30.5. The molecule has 0 rings (SSSR count). The van der Waals surface area contributed by atoms with Gasteiger partial charge in [-0.2, -0.15) is 0 Å². The minimum Gasteiger partial charge on any atom is -0.480 e. The Hall–Kier alpha value is -1.52. The molecule has 0 spiro atoms. The van der Waals surface area contributed by atoms with Crippen LogP contribution in [-0.4, -0.2) is 64.9 Å². The standard InChI is InChI=1S/C35H68NO10P/c1-3-5-7-8-9-10-11-12-13-14-15-16-17-18-19-20-21-22-23-24-25-27-34(39)44-28-31(37)29-45-47(42,43)46-30-32(35(40)41)36-33(38)26-6-4-2/h31-32,37H,3-30H2,1-2H3,(H,36,38)(H,40,41)(H,42,43). The summed E-state index contributed by atoms with van der Waals surface area (Å²) in [5, 5.41) is 21.3. The average Bonchev–Trinajstić information content (AvgIpc) is 3.04. The van der Waals surface area contributed by atoms with Crippen LogP contribution in [0.4, 0.5) is 0 Å². The predicted octanol–water partition coefficient (Wildman–Crippen LogP) is 8.39. The SMILES string of the molecule is CCCCCCCCCCCCCCCCCCCCCCCC(=O)OCC(O)COP(=O)(O)OCC(NC(=O)CCCC)C(=O)O. The number of aliphatic hydroxyl groups excluding tert-OH is 1. The van der Waals surface area contributed by atoms with E-state index >= 15 is 0 Å². The van der Waals surface area contributed by atoms with Crippen LogP contribution in [0.3, 0.4) is 0 Å². The van der Waals surface area contributed by atoms with Gasteiger partial charge in [0.1, 0.15) is 12.7 Å². The number of rotatable bonds is 35. The maximum Gasteiger partial charge on any atom is 0.472 e. The summed E-state index contributed by atoms with van der Waals surface area (Å²) in [5.74, 6) is -2.41. The van der Waals surface area contributed by atoms with Crippen LogP contribution in [0.5, 0.6) is 0 Å². The lowest BCUT2D eigenvalue weighted by Gasteiger charge is -2.18. The van der Waals surface area contributed by atoms with E-state index in [1.165, 1.54) is 109 Å². The smallest absolute Gasteiger partial charge is 0.472 e. The van der Waals surface area contributed by atoms with Crippen molar-refractivity contribution in [2.45, 2.75) is 187 Å². The first kappa shape index (κ1) is 45.5. The zero-order valence-electron chi connectivity index (χ0n) is 29.6. The van der Waals surface area contributed by atoms with Gasteiger partial charge in [-0.15, -0.1) is 0 Å². The number of hydrogen-bond acceptors (Lipinski definition) is 8. The number of esters is 1. The number of unbranched alkanes of at least 4 members (excludes halogenated alkanes) is 21. The Labute approximate surface area is 284 Å². The minimum atomic E-state index is -4.72. The van der Waals surface area contributed by atoms with E-state index in [2.05, 4.69) is 21.3 Å². The van der Waals surface area contributed by atoms with Crippen LogP contribution in [0.1, 0.15) is 174 Å². The molecule has 0 aliphatic rings. The summed E-state index contributed by atoms with van der Waals surface area (Å²) in [4.78, 5) is 44.8. The fourth-order valence-corrected chi connectivity index (χ4v) is 5.95. The number of nitrogens with one attached hydrogen (secondary N) is 1. The highest BCUT2D eigenvalue weighted by molar-refractivity contribution is 7.47. The van der Waals surface area contributed by atoms with Gasteiger partial charge in [0.05, 0.1) is 13.2 Å². The van der Waals surface area contributed by atoms with E-state index in [0.29, 0.717) is 12.8 Å². The Balaban J connectivity index is 3.66. The van der Waals surface area contributed by atoms with Crippen molar-refractivity contribution in [2.75, 3.05) is 19.8 Å². The molecular formula is C35H68NO10P. The number of phosphoric acid groups is 1. The molecule has 0 fully saturated rings. The third-order valence-electron chi connectivity index (χ3n) is 8.15. The third-order valence-corrected chi connectivity index (χ3v) is 9.10. The van der Waals surface area contributed by atoms with Gasteiger partial charge in [-0.1, -0.05) is 149 Å². The summed E-state index contributed by atoms with van der Waals surface area (Å²) in [5.41, 5.74) is 0. The number of aliphatic hydroxyl groups is 1. The lowest BCUT2D eigenvalue weighted by atomic mass is 10.0. The van der Waals surface area contributed by atoms with E-state index in [1.807, 2.05) is 6.92 Å². The number of carbonyl (C=O) groups excluding carboxylic acids is 2. The van der Waals surface area contributed by atoms with E-state index in [9.17, 15) is 34.1 Å². The predicted molar refractivity (Wildman–Crippen MR) is 185 cm³/mol. The summed E-state index contributed by atoms with van der Waals surface area (Å²) in [7, 11) is -4.72. The molecule has 0 saturated carbocycles. The lowest BCUT2D eigenvalue weighted by molar-refractivity contribution is -0.147. The number of amides is 1. The van der Waals surface area contributed by atoms with Crippen molar-refractivity contribution in [2.24, 2.45) is 0 Å². The number of carboxylic acid groups (broad SMARTS) is 1. The molecule has 1 amide bonds. The lowest BCUT2D eigenvalue weighted by Crippen LogP contribution is -2.43. The van der Waals surface area contributed by atoms with Crippen molar-refractivity contribution >= 4 is 25.7 Å². The molecule has 12 heteroatoms. The number of carbonyl (C=O) groups is 3. The molecule has 0 aliphatic carbocycles. The molecule has 11 nitrogen and oxygen atoms in total. The normalized spacial score (nSPS) is 14.0. The van der Waals surface area contributed by atoms with Crippen molar-refractivity contribution in [1.82, 2.24) is 5.32 Å². The zero-order chi connectivity index (χ0) is 35.0. The Bertz CT molecular complexity index is 828. The molecule has 278 valence electrons. The Morgan fingerprint density at radius 3 is 1.43 bits per heavy atom. The van der Waals surface area contributed by atoms with Crippen LogP contribution in [0.2, 0.25) is 0 Å². The summed E-state index contributed by atoms with van der Waals surface area (Å²) in [6, 6.07) is -1.53. The van der Waals surface area contributed by atoms with Crippen molar-refractivity contribution in [3.05, 3.63) is 0 Å². The largest absolute Gasteiger partial charge is 0.480 e. The molecule has 47 heavy (non-hydrogen) atoms. The second-order valence-corrected chi connectivity index (χ2v) is 14.2. The van der Waals surface area contributed by atoms with Gasteiger partial charge in [-0.3, -0.25) is 18.6 Å². The molecule has 0 aromatic carbocycles. The monoisotopic (exact) mass is 693 g/mol. The van der Waals surface area contributed by atoms with Crippen LogP contribution in [0, 0.1) is 0 Å². The molecule has 0 aromatic heterocycles. The van der Waals surface area contributed by atoms with Gasteiger partial charge >= 0.3 is 19.8 Å². The van der Waals surface area contributed by atoms with Gasteiger partial charge in [-0.25, -0.2) is 9.36 Å². The number of aliphatic carboxylic acids is 1. The fraction of sp³-hybridized carbons (Fsp3) is 0.914. The molecule has 4 N–H and O–H groups in total. The Morgan fingerprint density at radius 1 is 0.596 bits per heavy atom. The first-order chi connectivity index (χ1) is 22.6. The highest BCUT2D eigenvalue weighted by Gasteiger charge is 2.28. The second-order valence-electron chi connectivity index (χ2n) is 12.8. The van der Waals surface area contributed by atoms with Crippen LogP contribution < -0.4 is 5.32 Å². The molecular weight excluding hydrogens is 625 g/mol. The van der Waals surface area contributed by atoms with Crippen molar-refractivity contribution in [3.63, 3.8) is 0 Å². The topological polar surface area (TPSA) is 169 Å². The van der Waals surface area contributed by atoms with E-state index in [1.54, 1.807) is 0 Å². The van der Waals surface area contributed by atoms with Gasteiger partial charge < -0.3 is 25.2 Å². The molecule has 0 aromatic rings. The van der Waals surface area contributed by atoms with Gasteiger partial charge in [0.15, 0.2) is 6.04 Å². The number of ether oxygens (including phenoxy) is 1. The quantitative estimate of drug-likeness (QED) is 0.0287. The summed E-state index contributed by atoms with van der Waals surface area (Å²) in [6.45, 7) is 2.27. The van der Waals surface area contributed by atoms with Gasteiger partial charge in [-0.05, 0) is 12.8 Å². The van der Waals surface area contributed by atoms with Crippen molar-refractivity contribution in [1.29, 1.82) is 0 Å². The van der Waals surface area contributed by atoms with Crippen molar-refractivity contribution in [3.8, 4) is 0 Å². The summed E-state index contributed by atoms with van der Waals surface area (Å²) < 4.78 is 26.4. The van der Waals surface area contributed by atoms with E-state index in [4.69, 9.17) is 4.74 Å². The Kier molecular flexibility index (Phi) is 30.7. The second kappa shape index (κ2) is 31.7. The van der Waals surface area contributed by atoms with Crippen LogP contribution >= 0.6 is 7.82 Å². The van der Waals surface area contributed by atoms with Crippen molar-refractivity contribution < 1.29 is 47.8 Å². The molecule has 0 bridgehead atoms. The average molecular weight is 694 g/mol. The number of phosphoric ester groups is 1. The highest BCUT2D eigenvalue weighted by Crippen LogP contribution is 2.43. The van der Waals surface area contributed by atoms with E-state index in [0.717, 1.165) is 25.7 Å². The molecule has 0 aliphatic heterocycles. The maximum absolute atomic E-state index is 12.0. The maximum atomic E-state index is 12.0. The molecule has 3 unspecified atom stereocenters. The van der Waals surface area contributed by atoms with E-state index < -0.39 is 57.6 Å². The summed E-state index contributed by atoms with van der Waals surface area (Å²) >= 11 is 0. The summed E-state index contributed by atoms with van der Waals surface area (Å²) in [6.07, 6.45) is 27.4. The first-order valence-electron chi connectivity index (χ1n) is 18.6. The fourth-order valence-electron chi connectivity index (χ4n) is 5.18. The highest BCUT2D eigenvalue weighted by atomic mass is 31.2. The molecule has 0 saturated heterocycles. The van der Waals surface area contributed by atoms with E-state index in [-0.39, 0.29) is 12.8 Å². The van der Waals surface area contributed by atoms with Gasteiger partial charge in [0.25, 0.3) is 0 Å². The third kappa shape index (κ3) is 31.5.